The Morgan fingerprint density at radius 1 is 1.77 bits per heavy atom. The summed E-state index contributed by atoms with van der Waals surface area (Å²) in [5.41, 5.74) is 4.98. The monoisotopic (exact) mass is 187 g/mol. The number of rotatable bonds is 3. The predicted molar refractivity (Wildman–Crippen MR) is 44.7 cm³/mol. The van der Waals surface area contributed by atoms with Gasteiger partial charge >= 0.3 is 0 Å². The summed E-state index contributed by atoms with van der Waals surface area (Å²) in [6.07, 6.45) is 0. The number of carbonyl (C=O) groups excluding carboxylic acids is 2. The molecule has 0 radical (unpaired) electrons. The lowest BCUT2D eigenvalue weighted by Crippen LogP contribution is -2.56. The number of nitrogens with one attached hydrogen (secondary N) is 1. The number of primary amides is 1. The van der Waals surface area contributed by atoms with Crippen molar-refractivity contribution in [1.29, 1.82) is 0 Å². The molecule has 4 N–H and O–H groups in total. The Hall–Kier alpha value is -1.14. The minimum absolute atomic E-state index is 0.0594. The van der Waals surface area contributed by atoms with Gasteiger partial charge in [0.1, 0.15) is 0 Å². The van der Waals surface area contributed by atoms with Gasteiger partial charge in [-0.2, -0.15) is 0 Å². The maximum Gasteiger partial charge on any atom is 0.234 e. The Bertz CT molecular complexity index is 217. The summed E-state index contributed by atoms with van der Waals surface area (Å²) in [4.78, 5) is 23.2. The number of hydrogen-bond acceptors (Lipinski definition) is 4. The first-order chi connectivity index (χ1) is 6.11. The van der Waals surface area contributed by atoms with Crippen molar-refractivity contribution >= 4 is 11.8 Å². The second kappa shape index (κ2) is 4.20. The summed E-state index contributed by atoms with van der Waals surface area (Å²) in [6.45, 7) is 0.565. The minimum Gasteiger partial charge on any atom is -0.394 e. The van der Waals surface area contributed by atoms with Crippen LogP contribution in [-0.4, -0.2) is 54.1 Å². The van der Waals surface area contributed by atoms with Gasteiger partial charge in [0.2, 0.25) is 11.8 Å². The van der Waals surface area contributed by atoms with E-state index in [-0.39, 0.29) is 31.6 Å². The second-order valence-corrected chi connectivity index (χ2v) is 3.08. The van der Waals surface area contributed by atoms with Crippen LogP contribution < -0.4 is 11.1 Å². The van der Waals surface area contributed by atoms with Crippen LogP contribution in [0.1, 0.15) is 0 Å². The van der Waals surface area contributed by atoms with Crippen LogP contribution in [-0.2, 0) is 9.59 Å². The number of nitrogens with two attached hydrogens (primary N) is 1. The first-order valence-electron chi connectivity index (χ1n) is 4.02. The summed E-state index contributed by atoms with van der Waals surface area (Å²) < 4.78 is 0. The molecule has 0 spiro atoms. The molecule has 74 valence electrons. The number of aliphatic hydroxyl groups excluding tert-OH is 1. The van der Waals surface area contributed by atoms with Crippen molar-refractivity contribution in [2.75, 3.05) is 26.2 Å². The van der Waals surface area contributed by atoms with Crippen molar-refractivity contribution < 1.29 is 14.7 Å². The lowest BCUT2D eigenvalue weighted by molar-refractivity contribution is -0.127. The Morgan fingerprint density at radius 3 is 3.00 bits per heavy atom. The van der Waals surface area contributed by atoms with E-state index >= 15 is 0 Å². The summed E-state index contributed by atoms with van der Waals surface area (Å²) in [7, 11) is 0. The van der Waals surface area contributed by atoms with E-state index in [4.69, 9.17) is 10.8 Å². The highest BCUT2D eigenvalue weighted by molar-refractivity contribution is 5.81. The summed E-state index contributed by atoms with van der Waals surface area (Å²) in [5.74, 6) is -0.655. The smallest absolute Gasteiger partial charge is 0.234 e. The topological polar surface area (TPSA) is 95.7 Å². The average molecular weight is 187 g/mol. The maximum atomic E-state index is 11.0. The number of amides is 2. The van der Waals surface area contributed by atoms with E-state index in [1.807, 2.05) is 0 Å². The van der Waals surface area contributed by atoms with Crippen LogP contribution in [0.3, 0.4) is 0 Å². The molecule has 13 heavy (non-hydrogen) atoms. The van der Waals surface area contributed by atoms with Crippen LogP contribution in [0, 0.1) is 0 Å². The van der Waals surface area contributed by atoms with Gasteiger partial charge in [-0.05, 0) is 0 Å². The van der Waals surface area contributed by atoms with Crippen molar-refractivity contribution in [1.82, 2.24) is 10.2 Å². The third-order valence-electron chi connectivity index (χ3n) is 1.81. The SMILES string of the molecule is NC(=O)CN1CC(=O)N[C@H](CO)C1. The first kappa shape index (κ1) is 9.94. The van der Waals surface area contributed by atoms with E-state index in [0.717, 1.165) is 0 Å². The Morgan fingerprint density at radius 2 is 2.46 bits per heavy atom. The molecule has 1 heterocycles. The van der Waals surface area contributed by atoms with E-state index in [0.29, 0.717) is 6.54 Å². The van der Waals surface area contributed by atoms with Crippen LogP contribution in [0.5, 0.6) is 0 Å². The molecule has 0 unspecified atom stereocenters. The average Bonchev–Trinajstić information content (AvgIpc) is 2.01. The van der Waals surface area contributed by atoms with Gasteiger partial charge in [0.05, 0.1) is 25.7 Å². The number of hydrogen-bond donors (Lipinski definition) is 3. The summed E-state index contributed by atoms with van der Waals surface area (Å²) in [5, 5.41) is 11.4. The number of aliphatic hydroxyl groups is 1. The van der Waals surface area contributed by atoms with Gasteiger partial charge in [0, 0.05) is 6.54 Å². The fourth-order valence-electron chi connectivity index (χ4n) is 1.34. The van der Waals surface area contributed by atoms with Gasteiger partial charge in [-0.25, -0.2) is 0 Å². The maximum absolute atomic E-state index is 11.0. The molecule has 1 rings (SSSR count). The number of nitrogens with zero attached hydrogens (tertiary/aromatic N) is 1. The van der Waals surface area contributed by atoms with E-state index in [1.165, 1.54) is 0 Å². The van der Waals surface area contributed by atoms with Crippen LogP contribution in [0.25, 0.3) is 0 Å². The molecule has 6 nitrogen and oxygen atoms in total. The molecule has 0 aliphatic carbocycles. The highest BCUT2D eigenvalue weighted by Gasteiger charge is 2.24. The van der Waals surface area contributed by atoms with E-state index < -0.39 is 5.91 Å². The van der Waals surface area contributed by atoms with Crippen LogP contribution >= 0.6 is 0 Å². The van der Waals surface area contributed by atoms with Gasteiger partial charge in [0.15, 0.2) is 0 Å². The first-order valence-corrected chi connectivity index (χ1v) is 4.02. The molecular formula is C7H13N3O3. The zero-order valence-corrected chi connectivity index (χ0v) is 7.19. The van der Waals surface area contributed by atoms with E-state index in [2.05, 4.69) is 5.32 Å². The predicted octanol–water partition coefficient (Wildman–Crippen LogP) is -2.74. The zero-order chi connectivity index (χ0) is 9.84. The summed E-state index contributed by atoms with van der Waals surface area (Å²) >= 11 is 0. The Labute approximate surface area is 75.7 Å². The molecule has 0 bridgehead atoms. The van der Waals surface area contributed by atoms with Crippen molar-refractivity contribution in [2.45, 2.75) is 6.04 Å². The molecule has 1 atom stereocenters. The molecular weight excluding hydrogens is 174 g/mol. The molecule has 2 amide bonds. The number of piperazine rings is 1. The van der Waals surface area contributed by atoms with Gasteiger partial charge in [-0.3, -0.25) is 14.5 Å². The fourth-order valence-corrected chi connectivity index (χ4v) is 1.34. The minimum atomic E-state index is -0.466. The third-order valence-corrected chi connectivity index (χ3v) is 1.81. The number of carbonyl (C=O) groups is 2. The van der Waals surface area contributed by atoms with Crippen molar-refractivity contribution in [3.63, 3.8) is 0 Å². The molecule has 0 aromatic heterocycles. The molecule has 1 aliphatic heterocycles. The van der Waals surface area contributed by atoms with Crippen molar-refractivity contribution in [2.24, 2.45) is 5.73 Å². The van der Waals surface area contributed by atoms with E-state index in [1.54, 1.807) is 4.90 Å². The lowest BCUT2D eigenvalue weighted by Gasteiger charge is -2.30. The van der Waals surface area contributed by atoms with Crippen molar-refractivity contribution in [3.8, 4) is 0 Å². The van der Waals surface area contributed by atoms with Gasteiger partial charge < -0.3 is 16.2 Å². The molecule has 1 saturated heterocycles. The highest BCUT2D eigenvalue weighted by Crippen LogP contribution is 1.98. The van der Waals surface area contributed by atoms with Crippen LogP contribution in [0.4, 0.5) is 0 Å². The van der Waals surface area contributed by atoms with Gasteiger partial charge in [-0.1, -0.05) is 0 Å². The molecule has 6 heteroatoms. The standard InChI is InChI=1S/C7H13N3O3/c8-6(12)2-10-1-5(4-11)9-7(13)3-10/h5,11H,1-4H2,(H2,8,12)(H,9,13)/t5-/m0/s1. The fraction of sp³-hybridized carbons (Fsp3) is 0.714. The van der Waals surface area contributed by atoms with Crippen LogP contribution in [0.2, 0.25) is 0 Å². The Kier molecular flexibility index (Phi) is 3.21. The molecule has 1 fully saturated rings. The zero-order valence-electron chi connectivity index (χ0n) is 7.19. The quantitative estimate of drug-likeness (QED) is 0.447. The molecule has 0 aromatic carbocycles. The molecule has 1 aliphatic rings. The second-order valence-electron chi connectivity index (χ2n) is 3.08. The lowest BCUT2D eigenvalue weighted by atomic mass is 10.2. The van der Waals surface area contributed by atoms with Gasteiger partial charge in [-0.15, -0.1) is 0 Å². The van der Waals surface area contributed by atoms with Crippen molar-refractivity contribution in [3.05, 3.63) is 0 Å². The highest BCUT2D eigenvalue weighted by atomic mass is 16.3. The summed E-state index contributed by atoms with van der Waals surface area (Å²) in [6, 6.07) is -0.291. The van der Waals surface area contributed by atoms with E-state index in [9.17, 15) is 9.59 Å². The normalized spacial score (nSPS) is 24.1. The molecule has 0 saturated carbocycles. The van der Waals surface area contributed by atoms with Crippen LogP contribution in [0.15, 0.2) is 0 Å². The third kappa shape index (κ3) is 3.00. The largest absolute Gasteiger partial charge is 0.394 e. The van der Waals surface area contributed by atoms with Gasteiger partial charge in [0.25, 0.3) is 0 Å². The molecule has 0 aromatic rings. The Balaban J connectivity index is 2.47.